The molecule has 2 fully saturated rings. The highest BCUT2D eigenvalue weighted by molar-refractivity contribution is 5.89. The summed E-state index contributed by atoms with van der Waals surface area (Å²) in [5, 5.41) is 4.40. The fourth-order valence-electron chi connectivity index (χ4n) is 3.82. The van der Waals surface area contributed by atoms with Gasteiger partial charge < -0.3 is 9.80 Å². The van der Waals surface area contributed by atoms with Crippen molar-refractivity contribution in [3.63, 3.8) is 0 Å². The summed E-state index contributed by atoms with van der Waals surface area (Å²) in [4.78, 5) is 33.0. The maximum Gasteiger partial charge on any atom is 0.228 e. The first-order valence-corrected chi connectivity index (χ1v) is 9.01. The molecule has 3 heterocycles. The van der Waals surface area contributed by atoms with E-state index in [9.17, 15) is 9.59 Å². The van der Waals surface area contributed by atoms with Gasteiger partial charge in [-0.2, -0.15) is 5.10 Å². The number of aryl methyl sites for hydroxylation is 2. The molecule has 1 aromatic heterocycles. The van der Waals surface area contributed by atoms with E-state index in [4.69, 9.17) is 0 Å². The Kier molecular flexibility index (Phi) is 4.22. The summed E-state index contributed by atoms with van der Waals surface area (Å²) in [7, 11) is 0. The van der Waals surface area contributed by atoms with Crippen LogP contribution in [0.15, 0.2) is 30.3 Å². The molecule has 7 nitrogen and oxygen atoms in total. The predicted molar refractivity (Wildman–Crippen MR) is 95.1 cm³/mol. The maximum atomic E-state index is 12.7. The summed E-state index contributed by atoms with van der Waals surface area (Å²) in [6, 6.07) is 10.1. The molecular formula is C19H23N5O2. The van der Waals surface area contributed by atoms with E-state index in [-0.39, 0.29) is 23.8 Å². The number of hydrogen-bond acceptors (Lipinski definition) is 4. The molecule has 26 heavy (non-hydrogen) atoms. The average Bonchev–Trinajstić information content (AvgIpc) is 3.09. The molecule has 2 amide bonds. The van der Waals surface area contributed by atoms with E-state index in [0.29, 0.717) is 32.6 Å². The number of benzene rings is 1. The predicted octanol–water partition coefficient (Wildman–Crippen LogP) is 1.33. The van der Waals surface area contributed by atoms with Crippen LogP contribution in [0.3, 0.4) is 0 Å². The molecule has 0 spiro atoms. The zero-order valence-electron chi connectivity index (χ0n) is 15.1. The highest BCUT2D eigenvalue weighted by atomic mass is 16.2. The lowest BCUT2D eigenvalue weighted by Gasteiger charge is -2.40. The van der Waals surface area contributed by atoms with E-state index in [2.05, 4.69) is 10.1 Å². The first-order valence-electron chi connectivity index (χ1n) is 9.01. The normalized spacial score (nSPS) is 20.5. The third kappa shape index (κ3) is 3.09. The quantitative estimate of drug-likeness (QED) is 0.831. The topological polar surface area (TPSA) is 71.3 Å². The third-order valence-corrected chi connectivity index (χ3v) is 5.21. The van der Waals surface area contributed by atoms with Crippen molar-refractivity contribution in [2.45, 2.75) is 32.9 Å². The molecule has 4 rings (SSSR count). The standard InChI is InChI=1S/C19H23N5O2/c1-13-20-14(2)24(21-13)17-11-23(12-17)19(26)16-8-18(25)22(10-16)9-15-6-4-3-5-7-15/h3-7,16-17H,8-12H2,1-2H3. The average molecular weight is 353 g/mol. The molecule has 7 heteroatoms. The van der Waals surface area contributed by atoms with E-state index in [0.717, 1.165) is 17.2 Å². The van der Waals surface area contributed by atoms with Gasteiger partial charge in [-0.05, 0) is 19.4 Å². The van der Waals surface area contributed by atoms with Crippen LogP contribution in [-0.2, 0) is 16.1 Å². The minimum Gasteiger partial charge on any atom is -0.338 e. The lowest BCUT2D eigenvalue weighted by Crippen LogP contribution is -2.53. The monoisotopic (exact) mass is 353 g/mol. The van der Waals surface area contributed by atoms with Crippen molar-refractivity contribution in [3.05, 3.63) is 47.5 Å². The van der Waals surface area contributed by atoms with Crippen LogP contribution in [-0.4, -0.2) is 56.0 Å². The molecule has 0 bridgehead atoms. The second kappa shape index (κ2) is 6.55. The van der Waals surface area contributed by atoms with Crippen molar-refractivity contribution < 1.29 is 9.59 Å². The molecule has 2 aromatic rings. The number of hydrogen-bond donors (Lipinski definition) is 0. The fourth-order valence-corrected chi connectivity index (χ4v) is 3.82. The van der Waals surface area contributed by atoms with Crippen molar-refractivity contribution in [3.8, 4) is 0 Å². The Morgan fingerprint density at radius 2 is 1.88 bits per heavy atom. The summed E-state index contributed by atoms with van der Waals surface area (Å²) in [6.45, 7) is 6.18. The van der Waals surface area contributed by atoms with Crippen molar-refractivity contribution in [2.24, 2.45) is 5.92 Å². The van der Waals surface area contributed by atoms with Gasteiger partial charge in [0.25, 0.3) is 0 Å². The van der Waals surface area contributed by atoms with Crippen LogP contribution in [0.5, 0.6) is 0 Å². The molecule has 2 saturated heterocycles. The minimum absolute atomic E-state index is 0.0621. The molecule has 0 saturated carbocycles. The summed E-state index contributed by atoms with van der Waals surface area (Å²) in [5.41, 5.74) is 1.09. The van der Waals surface area contributed by atoms with Crippen molar-refractivity contribution in [1.29, 1.82) is 0 Å². The minimum atomic E-state index is -0.231. The Morgan fingerprint density at radius 3 is 2.54 bits per heavy atom. The van der Waals surface area contributed by atoms with Crippen LogP contribution in [0.4, 0.5) is 0 Å². The van der Waals surface area contributed by atoms with Crippen molar-refractivity contribution >= 4 is 11.8 Å². The van der Waals surface area contributed by atoms with Crippen LogP contribution in [0.25, 0.3) is 0 Å². The number of carbonyl (C=O) groups is 2. The molecule has 2 aliphatic rings. The zero-order valence-corrected chi connectivity index (χ0v) is 15.1. The Hall–Kier alpha value is -2.70. The Bertz CT molecular complexity index is 826. The molecule has 0 N–H and O–H groups in total. The molecule has 1 unspecified atom stereocenters. The van der Waals surface area contributed by atoms with E-state index in [1.807, 2.05) is 53.8 Å². The maximum absolute atomic E-state index is 12.7. The van der Waals surface area contributed by atoms with Gasteiger partial charge in [0, 0.05) is 32.6 Å². The number of rotatable bonds is 4. The van der Waals surface area contributed by atoms with E-state index >= 15 is 0 Å². The fraction of sp³-hybridized carbons (Fsp3) is 0.474. The van der Waals surface area contributed by atoms with Gasteiger partial charge in [-0.1, -0.05) is 30.3 Å². The van der Waals surface area contributed by atoms with Gasteiger partial charge in [0.15, 0.2) is 0 Å². The molecule has 136 valence electrons. The molecule has 2 aliphatic heterocycles. The van der Waals surface area contributed by atoms with Crippen LogP contribution in [0.1, 0.15) is 29.7 Å². The van der Waals surface area contributed by atoms with Crippen LogP contribution in [0, 0.1) is 19.8 Å². The summed E-state index contributed by atoms with van der Waals surface area (Å²) >= 11 is 0. The van der Waals surface area contributed by atoms with Crippen LogP contribution in [0.2, 0.25) is 0 Å². The summed E-state index contributed by atoms with van der Waals surface area (Å²) in [5.74, 6) is 1.55. The van der Waals surface area contributed by atoms with Gasteiger partial charge in [0.05, 0.1) is 12.0 Å². The lowest BCUT2D eigenvalue weighted by molar-refractivity contribution is -0.141. The van der Waals surface area contributed by atoms with Gasteiger partial charge in [0.2, 0.25) is 11.8 Å². The van der Waals surface area contributed by atoms with Crippen LogP contribution >= 0.6 is 0 Å². The largest absolute Gasteiger partial charge is 0.338 e. The molecule has 1 atom stereocenters. The summed E-state index contributed by atoms with van der Waals surface area (Å²) in [6.07, 6.45) is 0.314. The zero-order chi connectivity index (χ0) is 18.3. The van der Waals surface area contributed by atoms with Gasteiger partial charge in [-0.15, -0.1) is 0 Å². The van der Waals surface area contributed by atoms with Crippen molar-refractivity contribution in [2.75, 3.05) is 19.6 Å². The van der Waals surface area contributed by atoms with Gasteiger partial charge in [0.1, 0.15) is 11.6 Å². The molecular weight excluding hydrogens is 330 g/mol. The highest BCUT2D eigenvalue weighted by Crippen LogP contribution is 2.28. The second-order valence-electron chi connectivity index (χ2n) is 7.21. The summed E-state index contributed by atoms with van der Waals surface area (Å²) < 4.78 is 1.90. The number of likely N-dealkylation sites (tertiary alicyclic amines) is 2. The molecule has 0 aliphatic carbocycles. The number of amides is 2. The first kappa shape index (κ1) is 16.8. The van der Waals surface area contributed by atoms with Gasteiger partial charge >= 0.3 is 0 Å². The van der Waals surface area contributed by atoms with Gasteiger partial charge in [-0.25, -0.2) is 9.67 Å². The first-order chi connectivity index (χ1) is 12.5. The Balaban J connectivity index is 1.33. The number of nitrogens with zero attached hydrogens (tertiary/aromatic N) is 5. The van der Waals surface area contributed by atoms with E-state index in [1.165, 1.54) is 0 Å². The van der Waals surface area contributed by atoms with Crippen molar-refractivity contribution in [1.82, 2.24) is 24.6 Å². The Morgan fingerprint density at radius 1 is 1.15 bits per heavy atom. The number of carbonyl (C=O) groups excluding carboxylic acids is 2. The smallest absolute Gasteiger partial charge is 0.228 e. The van der Waals surface area contributed by atoms with E-state index in [1.54, 1.807) is 4.90 Å². The van der Waals surface area contributed by atoms with Gasteiger partial charge in [-0.3, -0.25) is 9.59 Å². The third-order valence-electron chi connectivity index (χ3n) is 5.21. The SMILES string of the molecule is Cc1nc(C)n(C2CN(C(=O)C3CC(=O)N(Cc4ccccc4)C3)C2)n1. The van der Waals surface area contributed by atoms with Crippen LogP contribution < -0.4 is 0 Å². The second-order valence-corrected chi connectivity index (χ2v) is 7.21. The molecule has 0 radical (unpaired) electrons. The molecule has 1 aromatic carbocycles. The Labute approximate surface area is 152 Å². The lowest BCUT2D eigenvalue weighted by atomic mass is 10.0. The highest BCUT2D eigenvalue weighted by Gasteiger charge is 2.41. The number of aromatic nitrogens is 3. The van der Waals surface area contributed by atoms with E-state index < -0.39 is 0 Å².